The van der Waals surface area contributed by atoms with Crippen LogP contribution >= 0.6 is 0 Å². The summed E-state index contributed by atoms with van der Waals surface area (Å²) in [6.45, 7) is 9.37. The van der Waals surface area contributed by atoms with Crippen molar-refractivity contribution >= 4 is 21.5 Å². The van der Waals surface area contributed by atoms with Crippen LogP contribution in [0.3, 0.4) is 0 Å². The summed E-state index contributed by atoms with van der Waals surface area (Å²) in [7, 11) is 0. The van der Waals surface area contributed by atoms with Crippen molar-refractivity contribution in [1.29, 1.82) is 0 Å². The van der Waals surface area contributed by atoms with Crippen molar-refractivity contribution in [3.8, 4) is 78.4 Å². The molecule has 294 valence electrons. The maximum Gasteiger partial charge on any atom is 0.160 e. The molecule has 1 heterocycles. The van der Waals surface area contributed by atoms with E-state index in [-0.39, 0.29) is 10.8 Å². The molecule has 0 aliphatic heterocycles. The molecule has 0 bridgehead atoms. The van der Waals surface area contributed by atoms with E-state index in [1.807, 2.05) is 6.07 Å². The Morgan fingerprint density at radius 1 is 0.290 bits per heavy atom. The van der Waals surface area contributed by atoms with E-state index in [9.17, 15) is 0 Å². The summed E-state index contributed by atoms with van der Waals surface area (Å²) < 4.78 is 0. The van der Waals surface area contributed by atoms with Gasteiger partial charge in [0.25, 0.3) is 0 Å². The number of hydrogen-bond donors (Lipinski definition) is 0. The third-order valence-electron chi connectivity index (χ3n) is 13.9. The molecule has 0 radical (unpaired) electrons. The fraction of sp³-hybridized carbons (Fsp3) is 0.100. The summed E-state index contributed by atoms with van der Waals surface area (Å²) in [6, 6.07) is 71.1. The Balaban J connectivity index is 0.905. The molecule has 10 aromatic rings. The molecule has 0 spiro atoms. The molecule has 0 fully saturated rings. The van der Waals surface area contributed by atoms with Crippen LogP contribution in [-0.4, -0.2) is 9.97 Å². The van der Waals surface area contributed by atoms with Gasteiger partial charge in [-0.25, -0.2) is 9.97 Å². The van der Waals surface area contributed by atoms with Crippen molar-refractivity contribution in [2.24, 2.45) is 0 Å². The first kappa shape index (κ1) is 36.4. The molecular formula is C60H44N2. The Kier molecular flexibility index (Phi) is 7.96. The third-order valence-corrected chi connectivity index (χ3v) is 13.9. The second-order valence-corrected chi connectivity index (χ2v) is 18.2. The van der Waals surface area contributed by atoms with Crippen LogP contribution in [-0.2, 0) is 10.8 Å². The Labute approximate surface area is 363 Å². The summed E-state index contributed by atoms with van der Waals surface area (Å²) in [5.74, 6) is 0.721. The van der Waals surface area contributed by atoms with Gasteiger partial charge in [0.15, 0.2) is 5.82 Å². The minimum absolute atomic E-state index is 0.0116. The molecule has 2 aliphatic carbocycles. The fourth-order valence-electron chi connectivity index (χ4n) is 10.5. The van der Waals surface area contributed by atoms with Crippen LogP contribution < -0.4 is 0 Å². The number of hydrogen-bond acceptors (Lipinski definition) is 2. The molecule has 9 aromatic carbocycles. The lowest BCUT2D eigenvalue weighted by molar-refractivity contribution is 0.660. The van der Waals surface area contributed by atoms with Crippen LogP contribution in [0.5, 0.6) is 0 Å². The highest BCUT2D eigenvalue weighted by molar-refractivity contribution is 5.99. The maximum atomic E-state index is 5.31. The van der Waals surface area contributed by atoms with Gasteiger partial charge < -0.3 is 0 Å². The molecule has 2 aliphatic rings. The van der Waals surface area contributed by atoms with E-state index < -0.39 is 0 Å². The van der Waals surface area contributed by atoms with Crippen molar-refractivity contribution < 1.29 is 0 Å². The molecule has 0 N–H and O–H groups in total. The van der Waals surface area contributed by atoms with Gasteiger partial charge >= 0.3 is 0 Å². The second-order valence-electron chi connectivity index (χ2n) is 18.2. The van der Waals surface area contributed by atoms with Crippen LogP contribution in [0, 0.1) is 0 Å². The molecule has 2 nitrogen and oxygen atoms in total. The van der Waals surface area contributed by atoms with E-state index in [1.165, 1.54) is 88.3 Å². The molecule has 0 unspecified atom stereocenters. The molecule has 1 aromatic heterocycles. The largest absolute Gasteiger partial charge is 0.228 e. The summed E-state index contributed by atoms with van der Waals surface area (Å²) in [5.41, 5.74) is 20.5. The molecule has 2 heteroatoms. The van der Waals surface area contributed by atoms with E-state index in [4.69, 9.17) is 9.97 Å². The van der Waals surface area contributed by atoms with Gasteiger partial charge in [0, 0.05) is 27.5 Å². The predicted molar refractivity (Wildman–Crippen MR) is 259 cm³/mol. The molecule has 12 rings (SSSR count). The summed E-state index contributed by atoms with van der Waals surface area (Å²) in [4.78, 5) is 10.5. The number of fused-ring (bicyclic) bond motifs is 8. The van der Waals surface area contributed by atoms with Crippen molar-refractivity contribution in [3.05, 3.63) is 216 Å². The Morgan fingerprint density at radius 3 is 1.60 bits per heavy atom. The van der Waals surface area contributed by atoms with Gasteiger partial charge in [-0.15, -0.1) is 0 Å². The highest BCUT2D eigenvalue weighted by atomic mass is 14.9. The quantitative estimate of drug-likeness (QED) is 0.173. The van der Waals surface area contributed by atoms with Gasteiger partial charge in [0.05, 0.1) is 11.4 Å². The van der Waals surface area contributed by atoms with Crippen molar-refractivity contribution in [2.45, 2.75) is 38.5 Å². The van der Waals surface area contributed by atoms with Crippen LogP contribution in [0.2, 0.25) is 0 Å². The van der Waals surface area contributed by atoms with Crippen molar-refractivity contribution in [2.75, 3.05) is 0 Å². The molecule has 0 saturated carbocycles. The van der Waals surface area contributed by atoms with Gasteiger partial charge in [0.1, 0.15) is 0 Å². The molecular weight excluding hydrogens is 749 g/mol. The lowest BCUT2D eigenvalue weighted by Gasteiger charge is -2.22. The van der Waals surface area contributed by atoms with Crippen molar-refractivity contribution in [1.82, 2.24) is 9.97 Å². The van der Waals surface area contributed by atoms with Gasteiger partial charge in [-0.3, -0.25) is 0 Å². The Morgan fingerprint density at radius 2 is 0.823 bits per heavy atom. The summed E-state index contributed by atoms with van der Waals surface area (Å²) in [6.07, 6.45) is 0. The van der Waals surface area contributed by atoms with Gasteiger partial charge in [-0.1, -0.05) is 185 Å². The highest BCUT2D eigenvalue weighted by Crippen LogP contribution is 2.53. The number of rotatable bonds is 5. The van der Waals surface area contributed by atoms with Crippen LogP contribution in [0.15, 0.2) is 194 Å². The lowest BCUT2D eigenvalue weighted by atomic mass is 9.81. The normalized spacial score (nSPS) is 14.1. The smallest absolute Gasteiger partial charge is 0.160 e. The average molecular weight is 793 g/mol. The standard InChI is InChI=1S/C60H44N2/c1-59(2)51-19-11-10-17-47(51)49-33-45(29-30-52(49)59)38-23-21-37(22-24-38)42-25-26-44-32-46(28-27-43(44)31-42)55-36-56(62-58(61-55)39-13-6-5-7-14-39)48-18-12-20-53-57(48)50-34-40-15-8-9-16-41(40)35-54(50)60(53,3)4/h5-36H,1-4H3. The Bertz CT molecular complexity index is 3450. The summed E-state index contributed by atoms with van der Waals surface area (Å²) >= 11 is 0. The monoisotopic (exact) mass is 792 g/mol. The molecule has 62 heavy (non-hydrogen) atoms. The first-order chi connectivity index (χ1) is 30.2. The number of aromatic nitrogens is 2. The SMILES string of the molecule is CC1(C)c2ccccc2-c2cc(-c3ccc(-c4ccc5cc(-c6cc(-c7cccc8c7-c7cc9ccccc9cc7C8(C)C)nc(-c7ccccc7)n6)ccc5c4)cc3)ccc21. The molecule has 0 saturated heterocycles. The first-order valence-corrected chi connectivity index (χ1v) is 21.7. The van der Waals surface area contributed by atoms with E-state index in [2.05, 4.69) is 216 Å². The zero-order valence-electron chi connectivity index (χ0n) is 35.4. The van der Waals surface area contributed by atoms with Crippen LogP contribution in [0.1, 0.15) is 49.9 Å². The highest BCUT2D eigenvalue weighted by Gasteiger charge is 2.38. The lowest BCUT2D eigenvalue weighted by Crippen LogP contribution is -2.14. The zero-order valence-corrected chi connectivity index (χ0v) is 35.4. The minimum atomic E-state index is -0.144. The van der Waals surface area contributed by atoms with E-state index in [0.717, 1.165) is 33.9 Å². The van der Waals surface area contributed by atoms with Crippen LogP contribution in [0.25, 0.3) is 100.0 Å². The minimum Gasteiger partial charge on any atom is -0.228 e. The molecule has 0 atom stereocenters. The van der Waals surface area contributed by atoms with E-state index in [0.29, 0.717) is 0 Å². The third kappa shape index (κ3) is 5.63. The topological polar surface area (TPSA) is 25.8 Å². The first-order valence-electron chi connectivity index (χ1n) is 21.7. The van der Waals surface area contributed by atoms with Crippen molar-refractivity contribution in [3.63, 3.8) is 0 Å². The fourth-order valence-corrected chi connectivity index (χ4v) is 10.5. The number of benzene rings is 9. The van der Waals surface area contributed by atoms with Crippen LogP contribution in [0.4, 0.5) is 0 Å². The van der Waals surface area contributed by atoms with E-state index >= 15 is 0 Å². The summed E-state index contributed by atoms with van der Waals surface area (Å²) in [5, 5.41) is 4.89. The predicted octanol–water partition coefficient (Wildman–Crippen LogP) is 15.7. The zero-order chi connectivity index (χ0) is 41.7. The molecule has 0 amide bonds. The van der Waals surface area contributed by atoms with Gasteiger partial charge in [-0.05, 0) is 125 Å². The van der Waals surface area contributed by atoms with Gasteiger partial charge in [0.2, 0.25) is 0 Å². The second kappa shape index (κ2) is 13.5. The average Bonchev–Trinajstić information content (AvgIpc) is 3.69. The Hall–Kier alpha value is -7.42. The van der Waals surface area contributed by atoms with Gasteiger partial charge in [-0.2, -0.15) is 0 Å². The number of nitrogens with zero attached hydrogens (tertiary/aromatic N) is 2. The maximum absolute atomic E-state index is 5.31. The van der Waals surface area contributed by atoms with E-state index in [1.54, 1.807) is 0 Å².